The third-order valence-corrected chi connectivity index (χ3v) is 4.04. The number of hydrogen-bond acceptors (Lipinski definition) is 5. The molecule has 2 rings (SSSR count). The van der Waals surface area contributed by atoms with E-state index in [4.69, 9.17) is 19.9 Å². The minimum Gasteiger partial charge on any atom is -0.493 e. The molecule has 122 valence electrons. The Morgan fingerprint density at radius 1 is 1.23 bits per heavy atom. The fourth-order valence-corrected chi connectivity index (χ4v) is 2.90. The lowest BCUT2D eigenvalue weighted by molar-refractivity contribution is -0.138. The average Bonchev–Trinajstić information content (AvgIpc) is 2.54. The number of nitrogens with two attached hydrogens (primary N) is 1. The van der Waals surface area contributed by atoms with Crippen LogP contribution in [0.1, 0.15) is 24.4 Å². The summed E-state index contributed by atoms with van der Waals surface area (Å²) >= 11 is 0. The minimum atomic E-state index is -0.170. The van der Waals surface area contributed by atoms with Crippen molar-refractivity contribution in [1.29, 1.82) is 0 Å². The van der Waals surface area contributed by atoms with Crippen molar-refractivity contribution in [2.75, 3.05) is 34.5 Å². The van der Waals surface area contributed by atoms with Gasteiger partial charge in [0.1, 0.15) is 0 Å². The normalized spacial score (nSPS) is 21.8. The van der Waals surface area contributed by atoms with Gasteiger partial charge in [0.2, 0.25) is 5.91 Å². The van der Waals surface area contributed by atoms with E-state index in [2.05, 4.69) is 0 Å². The summed E-state index contributed by atoms with van der Waals surface area (Å²) in [6.07, 6.45) is 1.16. The molecule has 0 saturated carbocycles. The molecule has 2 atom stereocenters. The first kappa shape index (κ1) is 16.6. The van der Waals surface area contributed by atoms with Gasteiger partial charge in [-0.05, 0) is 24.1 Å². The monoisotopic (exact) mass is 308 g/mol. The molecule has 6 nitrogen and oxygen atoms in total. The van der Waals surface area contributed by atoms with Gasteiger partial charge >= 0.3 is 0 Å². The third-order valence-electron chi connectivity index (χ3n) is 4.04. The van der Waals surface area contributed by atoms with Crippen molar-refractivity contribution in [3.63, 3.8) is 0 Å². The zero-order chi connectivity index (χ0) is 16.1. The maximum atomic E-state index is 12.3. The Kier molecular flexibility index (Phi) is 5.63. The molecule has 1 aromatic carbocycles. The van der Waals surface area contributed by atoms with Gasteiger partial charge in [-0.2, -0.15) is 0 Å². The van der Waals surface area contributed by atoms with Crippen LogP contribution in [0, 0.1) is 0 Å². The second-order valence-electron chi connectivity index (χ2n) is 5.34. The Balaban J connectivity index is 2.34. The van der Waals surface area contributed by atoms with E-state index in [-0.39, 0.29) is 18.0 Å². The Morgan fingerprint density at radius 2 is 1.95 bits per heavy atom. The van der Waals surface area contributed by atoms with Crippen molar-refractivity contribution < 1.29 is 19.0 Å². The molecule has 0 aliphatic carbocycles. The lowest BCUT2D eigenvalue weighted by Gasteiger charge is -2.40. The Hall–Kier alpha value is -1.79. The molecule has 6 heteroatoms. The van der Waals surface area contributed by atoms with Crippen LogP contribution in [0.2, 0.25) is 0 Å². The molecule has 1 aliphatic rings. The van der Waals surface area contributed by atoms with Gasteiger partial charge in [0.15, 0.2) is 11.5 Å². The molecule has 1 fully saturated rings. The molecule has 0 aromatic heterocycles. The van der Waals surface area contributed by atoms with Crippen LogP contribution in [-0.2, 0) is 9.53 Å². The van der Waals surface area contributed by atoms with Crippen LogP contribution in [-0.4, -0.2) is 51.3 Å². The van der Waals surface area contributed by atoms with Crippen LogP contribution >= 0.6 is 0 Å². The molecule has 0 radical (unpaired) electrons. The molecule has 1 heterocycles. The van der Waals surface area contributed by atoms with Crippen LogP contribution in [0.5, 0.6) is 11.5 Å². The standard InChI is InChI=1S/C16H24N2O4/c1-20-9-8-18-15(19)7-5-12(17)16(18)11-4-6-13(21-2)14(10-11)22-3/h4,6,10,12,16H,5,7-9,17H2,1-3H3. The van der Waals surface area contributed by atoms with Gasteiger partial charge in [0.05, 0.1) is 26.9 Å². The number of amides is 1. The molecular weight excluding hydrogens is 284 g/mol. The molecule has 2 N–H and O–H groups in total. The lowest BCUT2D eigenvalue weighted by Crippen LogP contribution is -2.49. The Bertz CT molecular complexity index is 521. The average molecular weight is 308 g/mol. The van der Waals surface area contributed by atoms with E-state index in [9.17, 15) is 4.79 Å². The summed E-state index contributed by atoms with van der Waals surface area (Å²) in [7, 11) is 4.81. The number of carbonyl (C=O) groups is 1. The lowest BCUT2D eigenvalue weighted by atomic mass is 9.90. The van der Waals surface area contributed by atoms with Crippen molar-refractivity contribution >= 4 is 5.91 Å². The van der Waals surface area contributed by atoms with Crippen molar-refractivity contribution in [3.05, 3.63) is 23.8 Å². The second-order valence-corrected chi connectivity index (χ2v) is 5.34. The summed E-state index contributed by atoms with van der Waals surface area (Å²) < 4.78 is 15.7. The number of nitrogens with zero attached hydrogens (tertiary/aromatic N) is 1. The van der Waals surface area contributed by atoms with Gasteiger partial charge in [-0.25, -0.2) is 0 Å². The highest BCUT2D eigenvalue weighted by atomic mass is 16.5. The Labute approximate surface area is 131 Å². The highest BCUT2D eigenvalue weighted by Gasteiger charge is 2.35. The molecule has 1 amide bonds. The van der Waals surface area contributed by atoms with Gasteiger partial charge in [0, 0.05) is 26.1 Å². The highest BCUT2D eigenvalue weighted by Crippen LogP contribution is 2.36. The molecular formula is C16H24N2O4. The first-order valence-electron chi connectivity index (χ1n) is 7.38. The molecule has 1 aromatic rings. The number of ether oxygens (including phenoxy) is 3. The summed E-state index contributed by atoms with van der Waals surface area (Å²) in [6, 6.07) is 5.39. The topological polar surface area (TPSA) is 74.0 Å². The quantitative estimate of drug-likeness (QED) is 0.858. The van der Waals surface area contributed by atoms with Gasteiger partial charge in [0.25, 0.3) is 0 Å². The number of hydrogen-bond donors (Lipinski definition) is 1. The number of piperidine rings is 1. The second kappa shape index (κ2) is 7.47. The van der Waals surface area contributed by atoms with Gasteiger partial charge < -0.3 is 24.8 Å². The first-order chi connectivity index (χ1) is 10.6. The predicted octanol–water partition coefficient (Wildman–Crippen LogP) is 1.34. The molecule has 1 saturated heterocycles. The minimum absolute atomic E-state index is 0.104. The predicted molar refractivity (Wildman–Crippen MR) is 83.1 cm³/mol. The van der Waals surface area contributed by atoms with Crippen LogP contribution in [0.15, 0.2) is 18.2 Å². The van der Waals surface area contributed by atoms with E-state index < -0.39 is 0 Å². The molecule has 0 spiro atoms. The summed E-state index contributed by atoms with van der Waals surface area (Å²) in [5.74, 6) is 1.40. The summed E-state index contributed by atoms with van der Waals surface area (Å²) in [5.41, 5.74) is 7.24. The smallest absolute Gasteiger partial charge is 0.223 e. The fourth-order valence-electron chi connectivity index (χ4n) is 2.90. The van der Waals surface area contributed by atoms with Gasteiger partial charge in [-0.1, -0.05) is 6.07 Å². The van der Waals surface area contributed by atoms with Gasteiger partial charge in [-0.3, -0.25) is 4.79 Å². The SMILES string of the molecule is COCCN1C(=O)CCC(N)C1c1ccc(OC)c(OC)c1. The van der Waals surface area contributed by atoms with Crippen LogP contribution in [0.3, 0.4) is 0 Å². The van der Waals surface area contributed by atoms with Crippen molar-refractivity contribution in [1.82, 2.24) is 4.90 Å². The number of methoxy groups -OCH3 is 3. The highest BCUT2D eigenvalue weighted by molar-refractivity contribution is 5.78. The third kappa shape index (κ3) is 3.34. The van der Waals surface area contributed by atoms with Crippen LogP contribution in [0.4, 0.5) is 0 Å². The van der Waals surface area contributed by atoms with E-state index in [0.29, 0.717) is 37.5 Å². The van der Waals surface area contributed by atoms with Crippen LogP contribution in [0.25, 0.3) is 0 Å². The summed E-state index contributed by atoms with van der Waals surface area (Å²) in [4.78, 5) is 14.1. The Morgan fingerprint density at radius 3 is 2.59 bits per heavy atom. The van der Waals surface area contributed by atoms with Crippen molar-refractivity contribution in [2.45, 2.75) is 24.9 Å². The molecule has 22 heavy (non-hydrogen) atoms. The summed E-state index contributed by atoms with van der Waals surface area (Å²) in [6.45, 7) is 1.02. The summed E-state index contributed by atoms with van der Waals surface area (Å²) in [5, 5.41) is 0. The molecule has 1 aliphatic heterocycles. The van der Waals surface area contributed by atoms with E-state index in [0.717, 1.165) is 5.56 Å². The van der Waals surface area contributed by atoms with Crippen LogP contribution < -0.4 is 15.2 Å². The fraction of sp³-hybridized carbons (Fsp3) is 0.562. The maximum Gasteiger partial charge on any atom is 0.223 e. The van der Waals surface area contributed by atoms with Crippen molar-refractivity contribution in [2.24, 2.45) is 5.73 Å². The molecule has 0 bridgehead atoms. The van der Waals surface area contributed by atoms with E-state index in [1.165, 1.54) is 0 Å². The zero-order valence-electron chi connectivity index (χ0n) is 13.4. The van der Waals surface area contributed by atoms with Crippen molar-refractivity contribution in [3.8, 4) is 11.5 Å². The van der Waals surface area contributed by atoms with Gasteiger partial charge in [-0.15, -0.1) is 0 Å². The van der Waals surface area contributed by atoms with E-state index >= 15 is 0 Å². The number of likely N-dealkylation sites (tertiary alicyclic amines) is 1. The zero-order valence-corrected chi connectivity index (χ0v) is 13.4. The largest absolute Gasteiger partial charge is 0.493 e. The van der Waals surface area contributed by atoms with E-state index in [1.807, 2.05) is 18.2 Å². The number of carbonyl (C=O) groups excluding carboxylic acids is 1. The molecule has 2 unspecified atom stereocenters. The van der Waals surface area contributed by atoms with E-state index in [1.54, 1.807) is 26.2 Å². The number of benzene rings is 1. The maximum absolute atomic E-state index is 12.3. The number of rotatable bonds is 6. The first-order valence-corrected chi connectivity index (χ1v) is 7.38.